The number of fused-ring (bicyclic) bond motifs is 3. The van der Waals surface area contributed by atoms with Crippen LogP contribution < -0.4 is 20.4 Å². The van der Waals surface area contributed by atoms with Crippen molar-refractivity contribution in [2.75, 3.05) is 41.8 Å². The van der Waals surface area contributed by atoms with Gasteiger partial charge in [0.2, 0.25) is 0 Å². The molecule has 0 saturated heterocycles. The van der Waals surface area contributed by atoms with Crippen LogP contribution in [0, 0.1) is 23.0 Å². The van der Waals surface area contributed by atoms with Crippen molar-refractivity contribution in [3.05, 3.63) is 65.4 Å². The molecule has 37 heavy (non-hydrogen) atoms. The number of anilines is 4. The smallest absolute Gasteiger partial charge is 0.384 e. The van der Waals surface area contributed by atoms with Crippen molar-refractivity contribution in [2.45, 2.75) is 13.1 Å². The summed E-state index contributed by atoms with van der Waals surface area (Å²) in [4.78, 5) is 19.4. The number of nitriles is 1. The molecule has 0 spiro atoms. The normalized spacial score (nSPS) is 13.1. The van der Waals surface area contributed by atoms with Gasteiger partial charge in [0.05, 0.1) is 22.9 Å². The average Bonchev–Trinajstić information content (AvgIpc) is 2.95. The number of carbonyl (C=O) groups is 1. The predicted octanol–water partition coefficient (Wildman–Crippen LogP) is 5.65. The summed E-state index contributed by atoms with van der Waals surface area (Å²) in [6.45, 7) is 2.39. The summed E-state index contributed by atoms with van der Waals surface area (Å²) >= 11 is 0. The second-order valence-corrected chi connectivity index (χ2v) is 8.12. The maximum atomic E-state index is 15.4. The Morgan fingerprint density at radius 1 is 1.05 bits per heavy atom. The number of aromatic nitrogens is 1. The topological polar surface area (TPSA) is 84.3 Å². The van der Waals surface area contributed by atoms with E-state index in [-0.39, 0.29) is 40.4 Å². The number of nitrogens with zero attached hydrogens (tertiary/aromatic N) is 4. The molecule has 0 saturated carbocycles. The monoisotopic (exact) mass is 516 g/mol. The number of hydrogen-bond acceptors (Lipinski definition) is 5. The molecule has 4 rings (SSSR count). The molecule has 0 fully saturated rings. The van der Waals surface area contributed by atoms with Crippen LogP contribution in [0.1, 0.15) is 18.1 Å². The molecule has 0 bridgehead atoms. The third-order valence-corrected chi connectivity index (χ3v) is 5.79. The highest BCUT2D eigenvalue weighted by atomic mass is 19.4. The van der Waals surface area contributed by atoms with E-state index in [4.69, 9.17) is 0 Å². The maximum absolute atomic E-state index is 15.4. The molecule has 2 aromatic carbocycles. The zero-order chi connectivity index (χ0) is 26.9. The molecule has 0 unspecified atom stereocenters. The minimum Gasteiger partial charge on any atom is -0.384 e. The Morgan fingerprint density at radius 2 is 1.76 bits per heavy atom. The van der Waals surface area contributed by atoms with Crippen molar-refractivity contribution in [3.8, 4) is 17.2 Å². The van der Waals surface area contributed by atoms with Gasteiger partial charge >= 0.3 is 12.2 Å². The Kier molecular flexibility index (Phi) is 7.00. The molecule has 7 nitrogen and oxygen atoms in total. The van der Waals surface area contributed by atoms with Gasteiger partial charge in [-0.05, 0) is 44.3 Å². The summed E-state index contributed by atoms with van der Waals surface area (Å²) in [5, 5.41) is 15.2. The van der Waals surface area contributed by atoms with Gasteiger partial charge in [-0.2, -0.15) is 18.4 Å². The van der Waals surface area contributed by atoms with Gasteiger partial charge in [-0.1, -0.05) is 6.07 Å². The first kappa shape index (κ1) is 25.8. The van der Waals surface area contributed by atoms with E-state index >= 15 is 8.78 Å². The molecule has 192 valence electrons. The summed E-state index contributed by atoms with van der Waals surface area (Å²) in [7, 11) is 1.72. The minimum atomic E-state index is -4.73. The fourth-order valence-corrected chi connectivity index (χ4v) is 4.07. The SMILES string of the molecule is CCN1C(=O)N(c2c(F)cc(NCCNC)cc2F)c2cc(C#N)ccc2-c2cc(C(F)(F)F)cnc21. The van der Waals surface area contributed by atoms with Crippen LogP contribution in [0.5, 0.6) is 0 Å². The Balaban J connectivity index is 1.98. The summed E-state index contributed by atoms with van der Waals surface area (Å²) < 4.78 is 71.4. The van der Waals surface area contributed by atoms with Crippen molar-refractivity contribution in [1.82, 2.24) is 10.3 Å². The summed E-state index contributed by atoms with van der Waals surface area (Å²) in [5.41, 5.74) is -1.81. The zero-order valence-electron chi connectivity index (χ0n) is 19.7. The summed E-state index contributed by atoms with van der Waals surface area (Å²) in [5.74, 6) is -2.28. The number of halogens is 5. The Bertz CT molecular complexity index is 1380. The lowest BCUT2D eigenvalue weighted by molar-refractivity contribution is -0.137. The Hall–Kier alpha value is -4.24. The number of nitrogens with one attached hydrogen (secondary N) is 2. The molecular formula is C25H21F5N6O. The molecule has 3 aromatic rings. The molecule has 0 radical (unpaired) electrons. The largest absolute Gasteiger partial charge is 0.417 e. The first-order valence-corrected chi connectivity index (χ1v) is 11.2. The first-order chi connectivity index (χ1) is 17.6. The molecule has 1 aliphatic heterocycles. The lowest BCUT2D eigenvalue weighted by atomic mass is 10.00. The second-order valence-electron chi connectivity index (χ2n) is 8.12. The number of benzene rings is 2. The fourth-order valence-electron chi connectivity index (χ4n) is 4.07. The van der Waals surface area contributed by atoms with Crippen molar-refractivity contribution in [2.24, 2.45) is 0 Å². The Labute approximate surface area is 209 Å². The highest BCUT2D eigenvalue weighted by Gasteiger charge is 2.38. The number of likely N-dealkylation sites (N-methyl/N-ethyl adjacent to an activating group) is 1. The molecule has 12 heteroatoms. The molecule has 2 heterocycles. The second kappa shape index (κ2) is 10.0. The number of carbonyl (C=O) groups excluding carboxylic acids is 1. The molecule has 1 aromatic heterocycles. The third-order valence-electron chi connectivity index (χ3n) is 5.79. The van der Waals surface area contributed by atoms with Gasteiger partial charge in [0.15, 0.2) is 11.6 Å². The molecule has 2 N–H and O–H groups in total. The van der Waals surface area contributed by atoms with Crippen LogP contribution in [-0.2, 0) is 6.18 Å². The number of alkyl halides is 3. The number of hydrogen-bond donors (Lipinski definition) is 2. The van der Waals surface area contributed by atoms with E-state index in [1.165, 1.54) is 18.2 Å². The van der Waals surface area contributed by atoms with Crippen LogP contribution >= 0.6 is 0 Å². The number of amides is 2. The fraction of sp³-hybridized carbons (Fsp3) is 0.240. The van der Waals surface area contributed by atoms with E-state index in [9.17, 15) is 23.2 Å². The Morgan fingerprint density at radius 3 is 2.35 bits per heavy atom. The molecule has 0 aliphatic carbocycles. The van der Waals surface area contributed by atoms with Gasteiger partial charge in [0.25, 0.3) is 0 Å². The van der Waals surface area contributed by atoms with Gasteiger partial charge in [-0.15, -0.1) is 0 Å². The minimum absolute atomic E-state index is 0.0363. The van der Waals surface area contributed by atoms with Gasteiger partial charge in [0.1, 0.15) is 11.5 Å². The van der Waals surface area contributed by atoms with Crippen molar-refractivity contribution in [3.63, 3.8) is 0 Å². The summed E-state index contributed by atoms with van der Waals surface area (Å²) in [6.07, 6.45) is -4.13. The van der Waals surface area contributed by atoms with Crippen molar-refractivity contribution < 1.29 is 26.7 Å². The van der Waals surface area contributed by atoms with Crippen LogP contribution in [0.4, 0.5) is 49.6 Å². The lowest BCUT2D eigenvalue weighted by Gasteiger charge is -2.28. The first-order valence-electron chi connectivity index (χ1n) is 11.2. The molecule has 1 aliphatic rings. The van der Waals surface area contributed by atoms with Crippen molar-refractivity contribution in [1.29, 1.82) is 5.26 Å². The molecule has 2 amide bonds. The predicted molar refractivity (Wildman–Crippen MR) is 129 cm³/mol. The van der Waals surface area contributed by atoms with Crippen LogP contribution in [-0.4, -0.2) is 37.7 Å². The van der Waals surface area contributed by atoms with Gasteiger partial charge in [0, 0.05) is 42.6 Å². The van der Waals surface area contributed by atoms with Crippen LogP contribution in [0.15, 0.2) is 42.6 Å². The van der Waals surface area contributed by atoms with Crippen LogP contribution in [0.2, 0.25) is 0 Å². The average molecular weight is 516 g/mol. The van der Waals surface area contributed by atoms with Crippen molar-refractivity contribution >= 4 is 28.9 Å². The van der Waals surface area contributed by atoms with E-state index in [0.29, 0.717) is 19.3 Å². The van der Waals surface area contributed by atoms with Crippen LogP contribution in [0.25, 0.3) is 11.1 Å². The van der Waals surface area contributed by atoms with E-state index in [1.807, 2.05) is 6.07 Å². The van der Waals surface area contributed by atoms with E-state index < -0.39 is 35.1 Å². The zero-order valence-corrected chi connectivity index (χ0v) is 19.7. The molecular weight excluding hydrogens is 495 g/mol. The van der Waals surface area contributed by atoms with Gasteiger partial charge < -0.3 is 10.6 Å². The quantitative estimate of drug-likeness (QED) is 0.327. The highest BCUT2D eigenvalue weighted by Crippen LogP contribution is 2.46. The van der Waals surface area contributed by atoms with Gasteiger partial charge in [-0.3, -0.25) is 9.80 Å². The number of pyridine rings is 1. The molecule has 0 atom stereocenters. The number of rotatable bonds is 6. The van der Waals surface area contributed by atoms with E-state index in [2.05, 4.69) is 15.6 Å². The third kappa shape index (κ3) is 4.77. The highest BCUT2D eigenvalue weighted by molar-refractivity contribution is 6.15. The van der Waals surface area contributed by atoms with E-state index in [0.717, 1.165) is 28.0 Å². The van der Waals surface area contributed by atoms with Crippen LogP contribution in [0.3, 0.4) is 0 Å². The van der Waals surface area contributed by atoms with E-state index in [1.54, 1.807) is 14.0 Å². The lowest BCUT2D eigenvalue weighted by Crippen LogP contribution is -2.41. The summed E-state index contributed by atoms with van der Waals surface area (Å²) in [6, 6.07) is 7.68. The maximum Gasteiger partial charge on any atom is 0.417 e. The van der Waals surface area contributed by atoms with Gasteiger partial charge in [-0.25, -0.2) is 18.6 Å². The standard InChI is InChI=1S/C25H21F5N6O/c1-3-35-23-18(9-15(13-34-23)25(28,29)30)17-5-4-14(12-31)8-21(17)36(24(35)37)22-19(26)10-16(11-20(22)27)33-7-6-32-2/h4-5,8-11,13,32-33H,3,6-7H2,1-2H3. The number of urea groups is 1.